The van der Waals surface area contributed by atoms with E-state index in [2.05, 4.69) is 20.9 Å². The minimum atomic E-state index is -0.636. The van der Waals surface area contributed by atoms with E-state index < -0.39 is 39.9 Å². The molecule has 3 aromatic rings. The molecular formula is C27H25BrN2O6S. The van der Waals surface area contributed by atoms with E-state index in [1.807, 2.05) is 38.1 Å². The molecule has 1 fully saturated rings. The zero-order valence-corrected chi connectivity index (χ0v) is 22.6. The highest BCUT2D eigenvalue weighted by molar-refractivity contribution is 9.11. The predicted octanol–water partition coefficient (Wildman–Crippen LogP) is 4.61. The van der Waals surface area contributed by atoms with Gasteiger partial charge in [0.1, 0.15) is 12.7 Å². The zero-order valence-electron chi connectivity index (χ0n) is 20.2. The molecule has 1 aliphatic rings. The molecule has 10 heteroatoms. The number of benzene rings is 2. The van der Waals surface area contributed by atoms with E-state index in [0.29, 0.717) is 23.1 Å². The second-order valence-corrected chi connectivity index (χ2v) is 10.6. The molecule has 4 rings (SSSR count). The standard InChI is InChI=1S/C27H25BrN2O6S/c1-16-3-7-18(8-4-16)25(32)35-15-22-21(36-26(33)19-9-5-17(2)6-10-19)13-23(37-22)30-14-20(11-12-28)24(31)29-27(30)34/h3-12,14,21-23H,13,15H2,1-2H3,(H,29,31,34)/b12-11+/t21-,22+,23-/m0/s1. The van der Waals surface area contributed by atoms with Gasteiger partial charge in [-0.1, -0.05) is 51.3 Å². The fraction of sp³-hybridized carbons (Fsp3) is 0.259. The lowest BCUT2D eigenvalue weighted by Gasteiger charge is -2.19. The molecule has 0 unspecified atom stereocenters. The van der Waals surface area contributed by atoms with E-state index >= 15 is 0 Å². The van der Waals surface area contributed by atoms with Gasteiger partial charge in [-0.2, -0.15) is 0 Å². The molecule has 0 amide bonds. The highest BCUT2D eigenvalue weighted by Gasteiger charge is 2.40. The Hall–Kier alpha value is -3.37. The number of aromatic amines is 1. The Bertz CT molecular complexity index is 1430. The van der Waals surface area contributed by atoms with E-state index in [9.17, 15) is 19.2 Å². The number of aryl methyl sites for hydroxylation is 2. The van der Waals surface area contributed by atoms with Gasteiger partial charge in [0.15, 0.2) is 0 Å². The van der Waals surface area contributed by atoms with Crippen LogP contribution in [0.4, 0.5) is 0 Å². The molecule has 192 valence electrons. The molecule has 2 aromatic carbocycles. The van der Waals surface area contributed by atoms with Crippen molar-refractivity contribution in [1.29, 1.82) is 0 Å². The van der Waals surface area contributed by atoms with Crippen LogP contribution in [-0.4, -0.2) is 39.5 Å². The van der Waals surface area contributed by atoms with Crippen LogP contribution in [0.15, 0.2) is 69.3 Å². The highest BCUT2D eigenvalue weighted by Crippen LogP contribution is 2.43. The normalized spacial score (nSPS) is 19.2. The first-order valence-electron chi connectivity index (χ1n) is 11.5. The van der Waals surface area contributed by atoms with Crippen molar-refractivity contribution in [3.05, 3.63) is 108 Å². The molecule has 0 spiro atoms. The maximum atomic E-state index is 12.9. The number of ether oxygens (including phenoxy) is 2. The first kappa shape index (κ1) is 26.7. The highest BCUT2D eigenvalue weighted by atomic mass is 79.9. The van der Waals surface area contributed by atoms with Gasteiger partial charge < -0.3 is 9.47 Å². The summed E-state index contributed by atoms with van der Waals surface area (Å²) in [6.07, 6.45) is 2.65. The van der Waals surface area contributed by atoms with Crippen molar-refractivity contribution < 1.29 is 19.1 Å². The van der Waals surface area contributed by atoms with Gasteiger partial charge in [0.05, 0.1) is 27.3 Å². The summed E-state index contributed by atoms with van der Waals surface area (Å²) in [6, 6.07) is 14.1. The van der Waals surface area contributed by atoms with Crippen LogP contribution in [0.3, 0.4) is 0 Å². The van der Waals surface area contributed by atoms with Gasteiger partial charge in [-0.3, -0.25) is 14.3 Å². The summed E-state index contributed by atoms with van der Waals surface area (Å²) in [6.45, 7) is 3.83. The molecule has 1 saturated heterocycles. The predicted molar refractivity (Wildman–Crippen MR) is 146 cm³/mol. The lowest BCUT2D eigenvalue weighted by atomic mass is 10.1. The number of carbonyl (C=O) groups excluding carboxylic acids is 2. The van der Waals surface area contributed by atoms with Gasteiger partial charge >= 0.3 is 17.6 Å². The van der Waals surface area contributed by atoms with Crippen molar-refractivity contribution in [3.63, 3.8) is 0 Å². The van der Waals surface area contributed by atoms with E-state index in [1.54, 1.807) is 24.3 Å². The molecule has 8 nitrogen and oxygen atoms in total. The van der Waals surface area contributed by atoms with Crippen LogP contribution in [0, 0.1) is 13.8 Å². The molecule has 0 saturated carbocycles. The number of hydrogen-bond acceptors (Lipinski definition) is 7. The lowest BCUT2D eigenvalue weighted by Crippen LogP contribution is -2.32. The number of nitrogens with one attached hydrogen (secondary N) is 1. The van der Waals surface area contributed by atoms with Crippen LogP contribution in [0.5, 0.6) is 0 Å². The molecule has 1 aliphatic heterocycles. The zero-order chi connectivity index (χ0) is 26.5. The Balaban J connectivity index is 1.56. The minimum Gasteiger partial charge on any atom is -0.461 e. The Morgan fingerprint density at radius 2 is 1.62 bits per heavy atom. The number of nitrogens with zero attached hydrogens (tertiary/aromatic N) is 1. The van der Waals surface area contributed by atoms with Gasteiger partial charge in [0.25, 0.3) is 5.56 Å². The number of carbonyl (C=O) groups is 2. The van der Waals surface area contributed by atoms with Crippen molar-refractivity contribution >= 4 is 45.7 Å². The maximum absolute atomic E-state index is 12.9. The van der Waals surface area contributed by atoms with Gasteiger partial charge in [0, 0.05) is 12.6 Å². The molecule has 0 aliphatic carbocycles. The molecule has 0 radical (unpaired) electrons. The Labute approximate surface area is 225 Å². The van der Waals surface area contributed by atoms with Crippen molar-refractivity contribution in [2.45, 2.75) is 37.0 Å². The molecule has 3 atom stereocenters. The topological polar surface area (TPSA) is 107 Å². The van der Waals surface area contributed by atoms with Gasteiger partial charge in [-0.05, 0) is 49.2 Å². The number of halogens is 1. The summed E-state index contributed by atoms with van der Waals surface area (Å²) in [4.78, 5) is 54.1. The summed E-state index contributed by atoms with van der Waals surface area (Å²) >= 11 is 4.49. The third-order valence-electron chi connectivity index (χ3n) is 5.94. The second-order valence-electron chi connectivity index (χ2n) is 8.68. The van der Waals surface area contributed by atoms with Crippen LogP contribution in [0.1, 0.15) is 49.2 Å². The van der Waals surface area contributed by atoms with Crippen LogP contribution < -0.4 is 11.2 Å². The average Bonchev–Trinajstić information content (AvgIpc) is 3.27. The number of thioether (sulfide) groups is 1. The molecule has 37 heavy (non-hydrogen) atoms. The monoisotopic (exact) mass is 584 g/mol. The summed E-state index contributed by atoms with van der Waals surface area (Å²) in [7, 11) is 0. The van der Waals surface area contributed by atoms with E-state index in [0.717, 1.165) is 11.1 Å². The lowest BCUT2D eigenvalue weighted by molar-refractivity contribution is 0.0204. The van der Waals surface area contributed by atoms with E-state index in [4.69, 9.17) is 9.47 Å². The smallest absolute Gasteiger partial charge is 0.338 e. The fourth-order valence-electron chi connectivity index (χ4n) is 3.87. The third kappa shape index (κ3) is 6.50. The van der Waals surface area contributed by atoms with Crippen molar-refractivity contribution in [2.24, 2.45) is 0 Å². The number of esters is 2. The van der Waals surface area contributed by atoms with Crippen LogP contribution >= 0.6 is 27.7 Å². The van der Waals surface area contributed by atoms with Gasteiger partial charge in [-0.15, -0.1) is 11.8 Å². The molecule has 2 heterocycles. The van der Waals surface area contributed by atoms with Crippen molar-refractivity contribution in [3.8, 4) is 0 Å². The van der Waals surface area contributed by atoms with Crippen molar-refractivity contribution in [2.75, 3.05) is 6.61 Å². The van der Waals surface area contributed by atoms with Gasteiger partial charge in [-0.25, -0.2) is 14.4 Å². The number of rotatable bonds is 7. The first-order valence-corrected chi connectivity index (χ1v) is 13.4. The second kappa shape index (κ2) is 11.8. The minimum absolute atomic E-state index is 0.0218. The summed E-state index contributed by atoms with van der Waals surface area (Å²) in [5.74, 6) is -0.989. The number of hydrogen-bond donors (Lipinski definition) is 1. The quantitative estimate of drug-likeness (QED) is 0.404. The van der Waals surface area contributed by atoms with Crippen LogP contribution in [0.2, 0.25) is 0 Å². The Morgan fingerprint density at radius 1 is 1.03 bits per heavy atom. The number of aromatic nitrogens is 2. The summed E-state index contributed by atoms with van der Waals surface area (Å²) in [5, 5.41) is -0.881. The first-order chi connectivity index (χ1) is 17.7. The third-order valence-corrected chi connectivity index (χ3v) is 7.73. The molecule has 1 aromatic heterocycles. The fourth-order valence-corrected chi connectivity index (χ4v) is 5.64. The largest absolute Gasteiger partial charge is 0.461 e. The Morgan fingerprint density at radius 3 is 2.22 bits per heavy atom. The average molecular weight is 585 g/mol. The maximum Gasteiger partial charge on any atom is 0.338 e. The van der Waals surface area contributed by atoms with Crippen molar-refractivity contribution in [1.82, 2.24) is 9.55 Å². The molecule has 1 N–H and O–H groups in total. The van der Waals surface area contributed by atoms with Gasteiger partial charge in [0.2, 0.25) is 0 Å². The molecular weight excluding hydrogens is 560 g/mol. The van der Waals surface area contributed by atoms with E-state index in [-0.39, 0.29) is 6.61 Å². The summed E-state index contributed by atoms with van der Waals surface area (Å²) < 4.78 is 12.8. The SMILES string of the molecule is Cc1ccc(C(=O)OC[C@H]2S[C@H](n3cc(/C=C/Br)c(=O)[nH]c3=O)C[C@@H]2OC(=O)c2ccc(C)cc2)cc1. The Kier molecular flexibility index (Phi) is 8.50. The van der Waals surface area contributed by atoms with E-state index in [1.165, 1.54) is 33.6 Å². The number of H-pyrrole nitrogens is 1. The summed E-state index contributed by atoms with van der Waals surface area (Å²) in [5.41, 5.74) is 2.07. The molecule has 0 bridgehead atoms. The van der Waals surface area contributed by atoms with Crippen LogP contribution in [0.25, 0.3) is 6.08 Å². The van der Waals surface area contributed by atoms with Crippen LogP contribution in [-0.2, 0) is 9.47 Å².